The molecule has 21 rings (SSSR count). The first kappa shape index (κ1) is 85.2. The number of benzene rings is 11. The molecule has 640 valence electrons. The number of halogens is 3. The van der Waals surface area contributed by atoms with Crippen LogP contribution in [0.2, 0.25) is 15.1 Å². The van der Waals surface area contributed by atoms with E-state index in [4.69, 9.17) is 60.5 Å². The van der Waals surface area contributed by atoms with Gasteiger partial charge in [0, 0.05) is 179 Å². The summed E-state index contributed by atoms with van der Waals surface area (Å²) in [7, 11) is 5.76. The second kappa shape index (κ2) is 39.9. The largest absolute Gasteiger partial charge is 0.399 e. The molecular formula is C100H82Cl3N25O2. The van der Waals surface area contributed by atoms with E-state index in [1.54, 1.807) is 55.5 Å². The predicted molar refractivity (Wildman–Crippen MR) is 524 cm³/mol. The molecule has 10 aromatic heterocycles. The Balaban J connectivity index is 0.000000114. The topological polar surface area (TPSA) is 308 Å². The predicted octanol–water partition coefficient (Wildman–Crippen LogP) is 23.9. The average molecular weight is 1770 g/mol. The Morgan fingerprint density at radius 2 is 0.692 bits per heavy atom. The van der Waals surface area contributed by atoms with Crippen molar-refractivity contribution in [3.05, 3.63) is 408 Å². The summed E-state index contributed by atoms with van der Waals surface area (Å²) in [6, 6.07) is 97.3. The molecule has 0 fully saturated rings. The number of fused-ring (bicyclic) bond motifs is 5. The van der Waals surface area contributed by atoms with Crippen molar-refractivity contribution >= 4 is 149 Å². The van der Waals surface area contributed by atoms with E-state index in [-0.39, 0.29) is 5.69 Å². The van der Waals surface area contributed by atoms with Gasteiger partial charge in [0.1, 0.15) is 57.6 Å². The minimum atomic E-state index is -0.418. The zero-order valence-corrected chi connectivity index (χ0v) is 72.4. The number of hydrogen-bond acceptors (Lipinski definition) is 21. The number of imidazole rings is 5. The van der Waals surface area contributed by atoms with Gasteiger partial charge < -0.3 is 47.9 Å². The lowest BCUT2D eigenvalue weighted by Crippen LogP contribution is -2.12. The number of nitrogens with one attached hydrogen (secondary N) is 7. The summed E-state index contributed by atoms with van der Waals surface area (Å²) < 4.78 is 9.92. The van der Waals surface area contributed by atoms with Crippen LogP contribution < -0.4 is 47.9 Å². The SMILES string of the molecule is CN(C)c1nccn2c(Nc3cccc(Cl)c3)c(-c3ccccc3)nc12.CNc1nccn2c(Nc3cccc(Cl)c3)c(-c3ccccc3)nc12.Clc1cccc(Nc2c(-c3ccccc3)nc3c(NCc4ccccc4)nccn23)c1.Nc1ccc(Nc2c(-c3ccccc3)nc3cnccn23)cc1.O=[N+]([O-])c1ccc(Nc2c(-c3ccccc3)nc3cnccn23)cc1. The second-order valence-electron chi connectivity index (χ2n) is 29.4. The van der Waals surface area contributed by atoms with E-state index in [1.807, 2.05) is 334 Å². The smallest absolute Gasteiger partial charge is 0.269 e. The quantitative estimate of drug-likeness (QED) is 0.0188. The van der Waals surface area contributed by atoms with Crippen molar-refractivity contribution in [1.29, 1.82) is 0 Å². The lowest BCUT2D eigenvalue weighted by atomic mass is 10.1. The van der Waals surface area contributed by atoms with Crippen LogP contribution in [-0.4, -0.2) is 97.9 Å². The summed E-state index contributed by atoms with van der Waals surface area (Å²) in [5.41, 5.74) is 25.2. The zero-order chi connectivity index (χ0) is 89.2. The number of anilines is 14. The summed E-state index contributed by atoms with van der Waals surface area (Å²) in [6.45, 7) is 0.665. The van der Waals surface area contributed by atoms with Crippen LogP contribution in [0.1, 0.15) is 5.56 Å². The summed E-state index contributed by atoms with van der Waals surface area (Å²) in [5, 5.41) is 36.5. The Hall–Kier alpha value is -17.0. The maximum Gasteiger partial charge on any atom is 0.269 e. The van der Waals surface area contributed by atoms with Gasteiger partial charge in [-0.2, -0.15) is 0 Å². The molecule has 27 nitrogen and oxygen atoms in total. The number of rotatable bonds is 21. The highest BCUT2D eigenvalue weighted by Crippen LogP contribution is 2.40. The lowest BCUT2D eigenvalue weighted by molar-refractivity contribution is -0.384. The molecule has 0 unspecified atom stereocenters. The molecule has 0 saturated heterocycles. The van der Waals surface area contributed by atoms with Crippen LogP contribution in [0.4, 0.5) is 86.4 Å². The Kier molecular flexibility index (Phi) is 26.1. The van der Waals surface area contributed by atoms with Crippen molar-refractivity contribution in [2.75, 3.05) is 69.0 Å². The van der Waals surface area contributed by atoms with Gasteiger partial charge in [0.05, 0.1) is 17.3 Å². The normalized spacial score (nSPS) is 10.8. The van der Waals surface area contributed by atoms with Gasteiger partial charge in [0.15, 0.2) is 45.7 Å². The van der Waals surface area contributed by atoms with E-state index in [1.165, 1.54) is 17.7 Å². The first-order valence-electron chi connectivity index (χ1n) is 41.1. The fraction of sp³-hybridized carbons (Fsp3) is 0.0400. The molecule has 0 aliphatic carbocycles. The van der Waals surface area contributed by atoms with E-state index in [2.05, 4.69) is 91.4 Å². The van der Waals surface area contributed by atoms with Crippen LogP contribution in [0.15, 0.2) is 378 Å². The molecule has 0 saturated carbocycles. The van der Waals surface area contributed by atoms with Gasteiger partial charge in [0.2, 0.25) is 0 Å². The zero-order valence-electron chi connectivity index (χ0n) is 70.1. The Bertz CT molecular complexity index is 7440. The van der Waals surface area contributed by atoms with Gasteiger partial charge in [-0.25, -0.2) is 39.9 Å². The van der Waals surface area contributed by atoms with E-state index in [0.717, 1.165) is 160 Å². The fourth-order valence-electron chi connectivity index (χ4n) is 14.3. The van der Waals surface area contributed by atoms with Crippen LogP contribution >= 0.6 is 34.8 Å². The maximum absolute atomic E-state index is 10.8. The van der Waals surface area contributed by atoms with Crippen molar-refractivity contribution in [1.82, 2.24) is 71.8 Å². The van der Waals surface area contributed by atoms with Crippen LogP contribution in [0.25, 0.3) is 84.5 Å². The van der Waals surface area contributed by atoms with Gasteiger partial charge in [-0.1, -0.05) is 235 Å². The number of nitrogen functional groups attached to an aromatic ring is 1. The molecule has 0 aliphatic heterocycles. The molecule has 21 aromatic rings. The maximum atomic E-state index is 10.8. The Morgan fingerprint density at radius 3 is 1.08 bits per heavy atom. The van der Waals surface area contributed by atoms with Gasteiger partial charge >= 0.3 is 0 Å². The molecular weight excluding hydrogens is 1690 g/mol. The number of aromatic nitrogens is 15. The van der Waals surface area contributed by atoms with Crippen LogP contribution in [0.5, 0.6) is 0 Å². The van der Waals surface area contributed by atoms with Crippen LogP contribution in [0.3, 0.4) is 0 Å². The van der Waals surface area contributed by atoms with Crippen LogP contribution in [0, 0.1) is 10.1 Å². The number of hydrogen-bond donors (Lipinski definition) is 8. The van der Waals surface area contributed by atoms with Gasteiger partial charge in [-0.15, -0.1) is 0 Å². The highest BCUT2D eigenvalue weighted by atomic mass is 35.5. The molecule has 11 aromatic carbocycles. The molecule has 9 N–H and O–H groups in total. The molecule has 0 amide bonds. The minimum Gasteiger partial charge on any atom is -0.399 e. The average Bonchev–Trinajstić information content (AvgIpc) is 1.61. The van der Waals surface area contributed by atoms with Crippen molar-refractivity contribution < 1.29 is 4.92 Å². The van der Waals surface area contributed by atoms with E-state index in [0.29, 0.717) is 27.3 Å². The molecule has 0 radical (unpaired) electrons. The molecule has 0 aliphatic rings. The minimum absolute atomic E-state index is 0.0520. The van der Waals surface area contributed by atoms with E-state index < -0.39 is 4.92 Å². The van der Waals surface area contributed by atoms with Gasteiger partial charge in [-0.3, -0.25) is 42.1 Å². The van der Waals surface area contributed by atoms with Gasteiger partial charge in [-0.05, 0) is 96.6 Å². The second-order valence-corrected chi connectivity index (χ2v) is 30.7. The summed E-state index contributed by atoms with van der Waals surface area (Å²) in [6.07, 6.45) is 21.6. The molecule has 10 heterocycles. The Labute approximate surface area is 761 Å². The summed E-state index contributed by atoms with van der Waals surface area (Å²) in [4.78, 5) is 58.0. The molecule has 0 bridgehead atoms. The molecule has 30 heteroatoms. The number of nitrogens with two attached hydrogens (primary N) is 1. The molecule has 0 atom stereocenters. The third-order valence-electron chi connectivity index (χ3n) is 20.4. The Morgan fingerprint density at radius 1 is 0.362 bits per heavy atom. The number of nitro groups is 1. The van der Waals surface area contributed by atoms with Crippen molar-refractivity contribution in [3.63, 3.8) is 0 Å². The standard InChI is InChI=1S/C25H20ClN5.C20H18ClN5.C19H16ClN5.C18H13N5O2.C18H15N5/c26-20-12-7-13-21(16-20)29-24-22(19-10-5-2-6-11-19)30-25-23(27-14-15-31(24)25)28-17-18-8-3-1-4-9-18;1-25(2)19-20-24-17(14-7-4-3-5-8-14)18(26(20)12-11-22-19)23-16-10-6-9-15(21)13-16;1-21-17-19-24-16(13-6-3-2-4-7-13)18(25(19)11-10-22-17)23-15-9-5-8-14(20)12-15;24-23(25)15-8-6-14(7-9-15)20-18-17(13-4-2-1-3-5-13)21-16-12-19-10-11-22(16)18;19-14-6-8-15(9-7-14)21-18-17(13-4-2-1-3-5-13)22-16-12-20-10-11-23(16)18/h1-16,29H,17H2,(H,27,28);3-13,23H,1-2H3;2-12,23H,1H3,(H,21,22);1-12,20H;1-12,21H,19H2. The monoisotopic (exact) mass is 1770 g/mol. The number of nitrogens with zero attached hydrogens (tertiary/aromatic N) is 17. The third kappa shape index (κ3) is 19.9. The van der Waals surface area contributed by atoms with Crippen molar-refractivity contribution in [3.8, 4) is 56.3 Å². The fourth-order valence-corrected chi connectivity index (χ4v) is 14.9. The highest BCUT2D eigenvalue weighted by Gasteiger charge is 2.24. The lowest BCUT2D eigenvalue weighted by Gasteiger charge is -2.12. The summed E-state index contributed by atoms with van der Waals surface area (Å²) >= 11 is 18.5. The number of nitro benzene ring substituents is 1. The molecule has 0 spiro atoms. The third-order valence-corrected chi connectivity index (χ3v) is 21.1. The first-order chi connectivity index (χ1) is 63.7. The van der Waals surface area contributed by atoms with E-state index >= 15 is 0 Å². The van der Waals surface area contributed by atoms with Gasteiger partial charge in [0.25, 0.3) is 5.69 Å². The first-order valence-corrected chi connectivity index (χ1v) is 42.2. The van der Waals surface area contributed by atoms with E-state index in [9.17, 15) is 10.1 Å². The number of non-ortho nitro benzene ring substituents is 1. The summed E-state index contributed by atoms with van der Waals surface area (Å²) in [5.74, 6) is 6.52. The highest BCUT2D eigenvalue weighted by molar-refractivity contribution is 6.31. The van der Waals surface area contributed by atoms with Crippen LogP contribution in [-0.2, 0) is 6.54 Å². The molecule has 130 heavy (non-hydrogen) atoms. The van der Waals surface area contributed by atoms with Crippen molar-refractivity contribution in [2.45, 2.75) is 6.54 Å². The van der Waals surface area contributed by atoms with Crippen molar-refractivity contribution in [2.24, 2.45) is 0 Å².